The zero-order valence-electron chi connectivity index (χ0n) is 12.6. The summed E-state index contributed by atoms with van der Waals surface area (Å²) < 4.78 is 0. The molecule has 1 aromatic rings. The molecule has 2 aliphatic rings. The van der Waals surface area contributed by atoms with E-state index in [1.807, 2.05) is 19.1 Å². The number of carbonyl (C=O) groups is 2. The van der Waals surface area contributed by atoms with Gasteiger partial charge in [0.05, 0.1) is 0 Å². The summed E-state index contributed by atoms with van der Waals surface area (Å²) in [6, 6.07) is 7.55. The van der Waals surface area contributed by atoms with Crippen molar-refractivity contribution >= 4 is 11.8 Å². The molecule has 4 nitrogen and oxygen atoms in total. The lowest BCUT2D eigenvalue weighted by molar-refractivity contribution is -0.149. The van der Waals surface area contributed by atoms with Crippen molar-refractivity contribution in [2.24, 2.45) is 5.92 Å². The highest BCUT2D eigenvalue weighted by molar-refractivity contribution is 5.97. The predicted octanol–water partition coefficient (Wildman–Crippen LogP) is 1.66. The van der Waals surface area contributed by atoms with Crippen LogP contribution in [0.2, 0.25) is 0 Å². The maximum Gasteiger partial charge on any atom is 0.246 e. The van der Waals surface area contributed by atoms with Gasteiger partial charge in [-0.1, -0.05) is 24.3 Å². The smallest absolute Gasteiger partial charge is 0.246 e. The highest BCUT2D eigenvalue weighted by atomic mass is 16.2. The molecule has 0 aromatic heterocycles. The fourth-order valence-corrected chi connectivity index (χ4v) is 3.03. The van der Waals surface area contributed by atoms with E-state index >= 15 is 0 Å². The van der Waals surface area contributed by atoms with Crippen molar-refractivity contribution in [1.82, 2.24) is 10.2 Å². The van der Waals surface area contributed by atoms with E-state index in [1.54, 1.807) is 4.90 Å². The molecule has 2 unspecified atom stereocenters. The average Bonchev–Trinajstić information content (AvgIpc) is 3.29. The lowest BCUT2D eigenvalue weighted by Crippen LogP contribution is -2.63. The fraction of sp³-hybridized carbons (Fsp3) is 0.529. The van der Waals surface area contributed by atoms with Gasteiger partial charge in [0.1, 0.15) is 12.1 Å². The Hall–Kier alpha value is -1.84. The van der Waals surface area contributed by atoms with E-state index in [0.717, 1.165) is 19.3 Å². The molecule has 1 aliphatic heterocycles. The molecule has 3 rings (SSSR count). The lowest BCUT2D eigenvalue weighted by Gasteiger charge is -2.37. The predicted molar refractivity (Wildman–Crippen MR) is 80.7 cm³/mol. The molecular weight excluding hydrogens is 264 g/mol. The fourth-order valence-electron chi connectivity index (χ4n) is 3.03. The van der Waals surface area contributed by atoms with Crippen LogP contribution < -0.4 is 5.32 Å². The number of carbonyl (C=O) groups excluding carboxylic acids is 2. The van der Waals surface area contributed by atoms with Crippen molar-refractivity contribution in [2.45, 2.75) is 45.2 Å². The quantitative estimate of drug-likeness (QED) is 0.915. The molecule has 21 heavy (non-hydrogen) atoms. The number of aryl methyl sites for hydroxylation is 1. The van der Waals surface area contributed by atoms with Crippen LogP contribution in [0.3, 0.4) is 0 Å². The summed E-state index contributed by atoms with van der Waals surface area (Å²) in [5.74, 6) is 0.435. The zero-order valence-corrected chi connectivity index (χ0v) is 12.6. The molecule has 2 fully saturated rings. The second kappa shape index (κ2) is 5.51. The Labute approximate surface area is 125 Å². The zero-order chi connectivity index (χ0) is 15.0. The van der Waals surface area contributed by atoms with Gasteiger partial charge in [0.2, 0.25) is 11.8 Å². The van der Waals surface area contributed by atoms with Gasteiger partial charge in [0.25, 0.3) is 0 Å². The molecule has 2 amide bonds. The first-order chi connectivity index (χ1) is 10.1. The van der Waals surface area contributed by atoms with Crippen molar-refractivity contribution in [2.75, 3.05) is 6.54 Å². The molecular formula is C17H22N2O2. The number of nitrogens with one attached hydrogen (secondary N) is 1. The molecule has 1 N–H and O–H groups in total. The molecule has 0 spiro atoms. The second-order valence-corrected chi connectivity index (χ2v) is 6.21. The van der Waals surface area contributed by atoms with Gasteiger partial charge in [-0.2, -0.15) is 0 Å². The Balaban J connectivity index is 1.71. The number of amides is 2. The SMILES string of the molecule is Cc1ccccc1CCN1C(=O)C(C2CC2)NC(=O)C1C. The first kappa shape index (κ1) is 14.1. The molecule has 1 aliphatic carbocycles. The maximum atomic E-state index is 12.6. The molecule has 0 radical (unpaired) electrons. The number of hydrogen-bond donors (Lipinski definition) is 1. The Morgan fingerprint density at radius 2 is 1.95 bits per heavy atom. The van der Waals surface area contributed by atoms with Gasteiger partial charge >= 0.3 is 0 Å². The average molecular weight is 286 g/mol. The van der Waals surface area contributed by atoms with Crippen LogP contribution >= 0.6 is 0 Å². The van der Waals surface area contributed by atoms with Gasteiger partial charge in [-0.15, -0.1) is 0 Å². The lowest BCUT2D eigenvalue weighted by atomic mass is 10.0. The van der Waals surface area contributed by atoms with Crippen LogP contribution in [0.4, 0.5) is 0 Å². The summed E-state index contributed by atoms with van der Waals surface area (Å²) >= 11 is 0. The Bertz CT molecular complexity index is 566. The van der Waals surface area contributed by atoms with Gasteiger partial charge in [0, 0.05) is 6.54 Å². The molecule has 1 saturated heterocycles. The van der Waals surface area contributed by atoms with E-state index in [0.29, 0.717) is 12.5 Å². The van der Waals surface area contributed by atoms with E-state index in [4.69, 9.17) is 0 Å². The monoisotopic (exact) mass is 286 g/mol. The topological polar surface area (TPSA) is 49.4 Å². The third-order valence-corrected chi connectivity index (χ3v) is 4.67. The number of hydrogen-bond acceptors (Lipinski definition) is 2. The van der Waals surface area contributed by atoms with Crippen LogP contribution in [-0.2, 0) is 16.0 Å². The summed E-state index contributed by atoms with van der Waals surface area (Å²) in [4.78, 5) is 26.4. The standard InChI is InChI=1S/C17H22N2O2/c1-11-5-3-4-6-13(11)9-10-19-12(2)16(20)18-15(17(19)21)14-7-8-14/h3-6,12,14-15H,7-10H2,1-2H3,(H,18,20). The van der Waals surface area contributed by atoms with Crippen LogP contribution in [0.1, 0.15) is 30.9 Å². The largest absolute Gasteiger partial charge is 0.342 e. The van der Waals surface area contributed by atoms with Crippen LogP contribution in [0, 0.1) is 12.8 Å². The third-order valence-electron chi connectivity index (χ3n) is 4.67. The highest BCUT2D eigenvalue weighted by Crippen LogP contribution is 2.35. The summed E-state index contributed by atoms with van der Waals surface area (Å²) in [6.07, 6.45) is 2.90. The third kappa shape index (κ3) is 2.80. The van der Waals surface area contributed by atoms with Crippen LogP contribution in [-0.4, -0.2) is 35.3 Å². The van der Waals surface area contributed by atoms with E-state index < -0.39 is 0 Å². The minimum absolute atomic E-state index is 0.0173. The van der Waals surface area contributed by atoms with E-state index in [1.165, 1.54) is 11.1 Å². The van der Waals surface area contributed by atoms with Crippen molar-refractivity contribution in [3.63, 3.8) is 0 Å². The maximum absolute atomic E-state index is 12.6. The van der Waals surface area contributed by atoms with E-state index in [2.05, 4.69) is 24.4 Å². The number of rotatable bonds is 4. The van der Waals surface area contributed by atoms with Crippen LogP contribution in [0.15, 0.2) is 24.3 Å². The van der Waals surface area contributed by atoms with Gasteiger partial charge < -0.3 is 10.2 Å². The molecule has 1 heterocycles. The van der Waals surface area contributed by atoms with E-state index in [9.17, 15) is 9.59 Å². The van der Waals surface area contributed by atoms with Crippen LogP contribution in [0.25, 0.3) is 0 Å². The Morgan fingerprint density at radius 1 is 1.24 bits per heavy atom. The van der Waals surface area contributed by atoms with Crippen molar-refractivity contribution in [3.8, 4) is 0 Å². The molecule has 1 aromatic carbocycles. The highest BCUT2D eigenvalue weighted by Gasteiger charge is 2.45. The second-order valence-electron chi connectivity index (χ2n) is 6.21. The minimum atomic E-state index is -0.364. The number of piperazine rings is 1. The molecule has 112 valence electrons. The summed E-state index contributed by atoms with van der Waals surface area (Å²) in [7, 11) is 0. The number of nitrogens with zero attached hydrogens (tertiary/aromatic N) is 1. The van der Waals surface area contributed by atoms with Crippen molar-refractivity contribution in [3.05, 3.63) is 35.4 Å². The summed E-state index contributed by atoms with van der Waals surface area (Å²) in [5, 5.41) is 2.89. The summed E-state index contributed by atoms with van der Waals surface area (Å²) in [6.45, 7) is 4.51. The summed E-state index contributed by atoms with van der Waals surface area (Å²) in [5.41, 5.74) is 2.48. The first-order valence-electron chi connectivity index (χ1n) is 7.73. The van der Waals surface area contributed by atoms with Crippen LogP contribution in [0.5, 0.6) is 0 Å². The number of benzene rings is 1. The van der Waals surface area contributed by atoms with E-state index in [-0.39, 0.29) is 23.9 Å². The van der Waals surface area contributed by atoms with Gasteiger partial charge in [-0.3, -0.25) is 9.59 Å². The molecule has 0 bridgehead atoms. The van der Waals surface area contributed by atoms with Gasteiger partial charge in [0.15, 0.2) is 0 Å². The molecule has 4 heteroatoms. The molecule has 1 saturated carbocycles. The van der Waals surface area contributed by atoms with Gasteiger partial charge in [-0.25, -0.2) is 0 Å². The van der Waals surface area contributed by atoms with Crippen molar-refractivity contribution in [1.29, 1.82) is 0 Å². The minimum Gasteiger partial charge on any atom is -0.342 e. The van der Waals surface area contributed by atoms with Crippen molar-refractivity contribution < 1.29 is 9.59 Å². The Morgan fingerprint density at radius 3 is 2.62 bits per heavy atom. The molecule has 2 atom stereocenters. The normalized spacial score (nSPS) is 25.9. The first-order valence-corrected chi connectivity index (χ1v) is 7.73. The Kier molecular flexibility index (Phi) is 3.70. The van der Waals surface area contributed by atoms with Gasteiger partial charge in [-0.05, 0) is 50.2 Å².